The zero-order valence-corrected chi connectivity index (χ0v) is 5.66. The van der Waals surface area contributed by atoms with Gasteiger partial charge < -0.3 is 4.74 Å². The molecule has 0 aliphatic heterocycles. The van der Waals surface area contributed by atoms with Crippen LogP contribution >= 0.6 is 0 Å². The molecule has 0 spiro atoms. The normalized spacial score (nSPS) is 9.18. The third-order valence-corrected chi connectivity index (χ3v) is 1.22. The first-order valence-corrected chi connectivity index (χ1v) is 3.01. The number of hydrogen-bond donors (Lipinski definition) is 0. The second-order valence-electron chi connectivity index (χ2n) is 1.86. The van der Waals surface area contributed by atoms with E-state index in [-0.39, 0.29) is 12.6 Å². The number of carbonyl (C=O) groups excluding carboxylic acids is 1. The zero-order valence-electron chi connectivity index (χ0n) is 5.66. The molecule has 0 aliphatic carbocycles. The predicted molar refractivity (Wildman–Crippen MR) is 37.9 cm³/mol. The fourth-order valence-corrected chi connectivity index (χ4v) is 0.733. The van der Waals surface area contributed by atoms with E-state index in [1.807, 2.05) is 0 Å². The topological polar surface area (TPSA) is 26.3 Å². The Morgan fingerprint density at radius 1 is 1.36 bits per heavy atom. The molecule has 57 valence electrons. The van der Waals surface area contributed by atoms with Crippen molar-refractivity contribution >= 4 is 6.29 Å². The van der Waals surface area contributed by atoms with Gasteiger partial charge in [0.25, 0.3) is 0 Å². The lowest BCUT2D eigenvalue weighted by atomic mass is 10.2. The molecule has 1 radical (unpaired) electrons. The Balaban J connectivity index is 2.92. The summed E-state index contributed by atoms with van der Waals surface area (Å²) in [4.78, 5) is 10.3. The Morgan fingerprint density at radius 3 is 2.73 bits per heavy atom. The Morgan fingerprint density at radius 2 is 2.09 bits per heavy atom. The SMILES string of the molecule is O=Cc1ccccc1O[CH]F. The van der Waals surface area contributed by atoms with Crippen LogP contribution in [-0.4, -0.2) is 6.29 Å². The van der Waals surface area contributed by atoms with Crippen molar-refractivity contribution in [3.8, 4) is 5.75 Å². The van der Waals surface area contributed by atoms with Crippen molar-refractivity contribution in [2.24, 2.45) is 0 Å². The molecule has 0 bridgehead atoms. The molecular formula is C8H6FO2. The summed E-state index contributed by atoms with van der Waals surface area (Å²) in [7, 11) is 0. The van der Waals surface area contributed by atoms with Gasteiger partial charge in [0.15, 0.2) is 6.29 Å². The summed E-state index contributed by atoms with van der Waals surface area (Å²) in [6.45, 7) is 0.0440. The first-order valence-electron chi connectivity index (χ1n) is 3.01. The van der Waals surface area contributed by atoms with Crippen molar-refractivity contribution in [2.45, 2.75) is 0 Å². The van der Waals surface area contributed by atoms with Crippen LogP contribution in [0.25, 0.3) is 0 Å². The summed E-state index contributed by atoms with van der Waals surface area (Å²) in [6.07, 6.45) is 0.610. The van der Waals surface area contributed by atoms with Gasteiger partial charge >= 0.3 is 6.86 Å². The van der Waals surface area contributed by atoms with E-state index in [0.717, 1.165) is 0 Å². The summed E-state index contributed by atoms with van der Waals surface area (Å²) in [6, 6.07) is 6.40. The van der Waals surface area contributed by atoms with E-state index in [1.165, 1.54) is 6.07 Å². The lowest BCUT2D eigenvalue weighted by Gasteiger charge is -2.00. The summed E-state index contributed by atoms with van der Waals surface area (Å²) < 4.78 is 15.9. The van der Waals surface area contributed by atoms with Crippen molar-refractivity contribution < 1.29 is 13.9 Å². The molecule has 0 saturated heterocycles. The maximum absolute atomic E-state index is 11.5. The molecule has 1 rings (SSSR count). The molecule has 11 heavy (non-hydrogen) atoms. The van der Waals surface area contributed by atoms with Gasteiger partial charge in [-0.3, -0.25) is 4.79 Å². The lowest BCUT2D eigenvalue weighted by Crippen LogP contribution is -1.89. The monoisotopic (exact) mass is 153 g/mol. The van der Waals surface area contributed by atoms with Gasteiger partial charge in [0.05, 0.1) is 5.56 Å². The van der Waals surface area contributed by atoms with Crippen LogP contribution in [-0.2, 0) is 0 Å². The van der Waals surface area contributed by atoms with Crippen LogP contribution in [0.3, 0.4) is 0 Å². The van der Waals surface area contributed by atoms with Crippen LogP contribution in [0.15, 0.2) is 24.3 Å². The number of aldehydes is 1. The third kappa shape index (κ3) is 1.77. The predicted octanol–water partition coefficient (Wildman–Crippen LogP) is 1.97. The fraction of sp³-hybridized carbons (Fsp3) is 0. The minimum absolute atomic E-state index is 0.0440. The molecule has 1 aromatic carbocycles. The standard InChI is InChI=1S/C8H6FO2/c9-6-11-8-4-2-1-3-7(8)5-10/h1-6H. The Hall–Kier alpha value is -1.38. The highest BCUT2D eigenvalue weighted by molar-refractivity contribution is 5.79. The lowest BCUT2D eigenvalue weighted by molar-refractivity contribution is 0.112. The minimum atomic E-state index is 0.0440. The van der Waals surface area contributed by atoms with Crippen LogP contribution in [0.1, 0.15) is 10.4 Å². The first-order chi connectivity index (χ1) is 5.38. The molecule has 1 aromatic rings. The number of hydrogen-bond acceptors (Lipinski definition) is 2. The summed E-state index contributed by atoms with van der Waals surface area (Å²) in [5.74, 6) is 0.227. The number of halogens is 1. The molecule has 3 heteroatoms. The average molecular weight is 153 g/mol. The van der Waals surface area contributed by atoms with Gasteiger partial charge in [-0.15, -0.1) is 0 Å². The summed E-state index contributed by atoms with van der Waals surface area (Å²) in [5.41, 5.74) is 0.335. The molecule has 0 N–H and O–H groups in total. The van der Waals surface area contributed by atoms with E-state index in [1.54, 1.807) is 18.2 Å². The Labute approximate surface area is 63.6 Å². The molecule has 0 unspecified atom stereocenters. The van der Waals surface area contributed by atoms with Crippen LogP contribution in [0.4, 0.5) is 4.39 Å². The van der Waals surface area contributed by atoms with Gasteiger partial charge in [-0.25, -0.2) is 0 Å². The van der Waals surface area contributed by atoms with Gasteiger partial charge in [-0.05, 0) is 12.1 Å². The molecule has 0 amide bonds. The van der Waals surface area contributed by atoms with E-state index >= 15 is 0 Å². The highest BCUT2D eigenvalue weighted by Gasteiger charge is 1.99. The van der Waals surface area contributed by atoms with Crippen molar-refractivity contribution in [3.05, 3.63) is 36.7 Å². The molecule has 0 aliphatic rings. The van der Waals surface area contributed by atoms with Crippen LogP contribution < -0.4 is 4.74 Å². The van der Waals surface area contributed by atoms with Gasteiger partial charge in [0.2, 0.25) is 0 Å². The average Bonchev–Trinajstić information content (AvgIpc) is 2.06. The Bertz CT molecular complexity index is 248. The molecule has 0 heterocycles. The summed E-state index contributed by atoms with van der Waals surface area (Å²) >= 11 is 0. The van der Waals surface area contributed by atoms with E-state index < -0.39 is 0 Å². The highest BCUT2D eigenvalue weighted by Crippen LogP contribution is 2.15. The highest BCUT2D eigenvalue weighted by atomic mass is 19.1. The van der Waals surface area contributed by atoms with Gasteiger partial charge in [0, 0.05) is 0 Å². The van der Waals surface area contributed by atoms with Crippen molar-refractivity contribution in [1.82, 2.24) is 0 Å². The first kappa shape index (κ1) is 7.72. The van der Waals surface area contributed by atoms with E-state index in [9.17, 15) is 9.18 Å². The largest absolute Gasteiger partial charge is 0.453 e. The van der Waals surface area contributed by atoms with Gasteiger partial charge in [-0.2, -0.15) is 4.39 Å². The second-order valence-corrected chi connectivity index (χ2v) is 1.86. The molecule has 0 atom stereocenters. The van der Waals surface area contributed by atoms with Crippen molar-refractivity contribution in [2.75, 3.05) is 0 Å². The zero-order chi connectivity index (χ0) is 8.10. The fourth-order valence-electron chi connectivity index (χ4n) is 0.733. The van der Waals surface area contributed by atoms with Crippen LogP contribution in [0.5, 0.6) is 5.75 Å². The van der Waals surface area contributed by atoms with Gasteiger partial charge in [-0.1, -0.05) is 12.1 Å². The van der Waals surface area contributed by atoms with E-state index in [0.29, 0.717) is 11.8 Å². The molecular weight excluding hydrogens is 147 g/mol. The second kappa shape index (κ2) is 3.71. The van der Waals surface area contributed by atoms with Crippen molar-refractivity contribution in [3.63, 3.8) is 0 Å². The maximum atomic E-state index is 11.5. The van der Waals surface area contributed by atoms with Crippen LogP contribution in [0, 0.1) is 6.86 Å². The molecule has 0 fully saturated rings. The maximum Gasteiger partial charge on any atom is 0.304 e. The van der Waals surface area contributed by atoms with Crippen LogP contribution in [0.2, 0.25) is 0 Å². The number of benzene rings is 1. The molecule has 0 saturated carbocycles. The van der Waals surface area contributed by atoms with E-state index in [2.05, 4.69) is 4.74 Å². The number of ether oxygens (including phenoxy) is 1. The quantitative estimate of drug-likeness (QED) is 0.620. The number of para-hydroxylation sites is 1. The van der Waals surface area contributed by atoms with Gasteiger partial charge in [0.1, 0.15) is 5.75 Å². The molecule has 0 aromatic heterocycles. The number of rotatable bonds is 3. The van der Waals surface area contributed by atoms with E-state index in [4.69, 9.17) is 0 Å². The minimum Gasteiger partial charge on any atom is -0.453 e. The number of carbonyl (C=O) groups is 1. The van der Waals surface area contributed by atoms with Crippen molar-refractivity contribution in [1.29, 1.82) is 0 Å². The summed E-state index contributed by atoms with van der Waals surface area (Å²) in [5, 5.41) is 0. The third-order valence-electron chi connectivity index (χ3n) is 1.22. The molecule has 2 nitrogen and oxygen atoms in total. The Kier molecular flexibility index (Phi) is 2.60. The smallest absolute Gasteiger partial charge is 0.304 e.